The predicted octanol–water partition coefficient (Wildman–Crippen LogP) is 1.56. The van der Waals surface area contributed by atoms with Crippen LogP contribution in [0.25, 0.3) is 0 Å². The summed E-state index contributed by atoms with van der Waals surface area (Å²) in [5.74, 6) is 1.03. The number of carbonyl (C=O) groups is 1. The van der Waals surface area contributed by atoms with Crippen molar-refractivity contribution in [2.75, 3.05) is 27.3 Å². The second kappa shape index (κ2) is 7.85. The molecule has 0 saturated carbocycles. The molecule has 2 N–H and O–H groups in total. The highest BCUT2D eigenvalue weighted by Gasteiger charge is 2.42. The van der Waals surface area contributed by atoms with E-state index >= 15 is 0 Å². The highest BCUT2D eigenvalue weighted by atomic mass is 16.5. The maximum Gasteiger partial charge on any atom is 0.256 e. The van der Waals surface area contributed by atoms with E-state index in [0.717, 1.165) is 12.0 Å². The van der Waals surface area contributed by atoms with Gasteiger partial charge in [-0.25, -0.2) is 0 Å². The van der Waals surface area contributed by atoms with Crippen molar-refractivity contribution in [2.45, 2.75) is 44.9 Å². The molecule has 24 heavy (non-hydrogen) atoms. The van der Waals surface area contributed by atoms with Crippen LogP contribution in [0, 0.1) is 0 Å². The van der Waals surface area contributed by atoms with Crippen molar-refractivity contribution < 1.29 is 19.4 Å². The van der Waals surface area contributed by atoms with Crippen LogP contribution in [0.15, 0.2) is 18.2 Å². The molecule has 134 valence electrons. The molecule has 1 aliphatic heterocycles. The topological polar surface area (TPSA) is 71.0 Å². The average molecular weight is 336 g/mol. The minimum absolute atomic E-state index is 0.218. The van der Waals surface area contributed by atoms with Gasteiger partial charge in [0.1, 0.15) is 0 Å². The van der Waals surface area contributed by atoms with Crippen molar-refractivity contribution in [3.8, 4) is 11.5 Å². The molecule has 0 spiro atoms. The lowest BCUT2D eigenvalue weighted by molar-refractivity contribution is -0.157. The van der Waals surface area contributed by atoms with Crippen LogP contribution in [0.5, 0.6) is 11.5 Å². The Bertz CT molecular complexity index is 576. The Morgan fingerprint density at radius 3 is 2.71 bits per heavy atom. The number of ether oxygens (including phenoxy) is 2. The van der Waals surface area contributed by atoms with Gasteiger partial charge in [0, 0.05) is 31.2 Å². The predicted molar refractivity (Wildman–Crippen MR) is 92.3 cm³/mol. The quantitative estimate of drug-likeness (QED) is 0.791. The van der Waals surface area contributed by atoms with Crippen molar-refractivity contribution in [3.05, 3.63) is 23.8 Å². The lowest BCUT2D eigenvalue weighted by Gasteiger charge is -2.39. The Labute approximate surface area is 143 Å². The fraction of sp³-hybridized carbons (Fsp3) is 0.611. The van der Waals surface area contributed by atoms with Crippen LogP contribution in [0.4, 0.5) is 0 Å². The third kappa shape index (κ3) is 3.99. The lowest BCUT2D eigenvalue weighted by Crippen LogP contribution is -2.58. The second-order valence-electron chi connectivity index (χ2n) is 6.55. The molecule has 1 saturated heterocycles. The van der Waals surface area contributed by atoms with E-state index in [4.69, 9.17) is 9.47 Å². The molecule has 1 atom stereocenters. The Hall–Kier alpha value is -1.79. The molecule has 0 aliphatic carbocycles. The lowest BCUT2D eigenvalue weighted by atomic mass is 9.91. The number of hydrogen-bond acceptors (Lipinski definition) is 5. The van der Waals surface area contributed by atoms with Gasteiger partial charge >= 0.3 is 0 Å². The third-order valence-electron chi connectivity index (χ3n) is 4.35. The van der Waals surface area contributed by atoms with Crippen molar-refractivity contribution in [1.82, 2.24) is 10.2 Å². The number of rotatable bonds is 7. The van der Waals surface area contributed by atoms with E-state index in [1.54, 1.807) is 19.1 Å². The minimum Gasteiger partial charge on any atom is -0.493 e. The van der Waals surface area contributed by atoms with E-state index in [1.165, 1.54) is 0 Å². The summed E-state index contributed by atoms with van der Waals surface area (Å²) in [6.45, 7) is 5.28. The molecule has 0 aromatic heterocycles. The summed E-state index contributed by atoms with van der Waals surface area (Å²) in [5, 5.41) is 13.9. The number of carbonyl (C=O) groups excluding carboxylic acids is 1. The van der Waals surface area contributed by atoms with Crippen LogP contribution in [-0.4, -0.2) is 54.9 Å². The number of nitrogens with zero attached hydrogens (tertiary/aromatic N) is 1. The zero-order valence-electron chi connectivity index (χ0n) is 15.0. The molecule has 6 heteroatoms. The maximum absolute atomic E-state index is 12.8. The largest absolute Gasteiger partial charge is 0.493 e. The van der Waals surface area contributed by atoms with Crippen LogP contribution in [-0.2, 0) is 11.3 Å². The molecule has 1 amide bonds. The second-order valence-corrected chi connectivity index (χ2v) is 6.55. The van der Waals surface area contributed by atoms with Gasteiger partial charge in [0.25, 0.3) is 5.91 Å². The van der Waals surface area contributed by atoms with Gasteiger partial charge in [-0.2, -0.15) is 0 Å². The fourth-order valence-electron chi connectivity index (χ4n) is 3.04. The van der Waals surface area contributed by atoms with Gasteiger partial charge in [-0.05, 0) is 18.9 Å². The normalized spacial score (nSPS) is 21.2. The number of nitrogens with one attached hydrogen (secondary N) is 1. The standard InChI is InChI=1S/C18H28N2O4/c1-13(2)19-12-18(22)9-6-10-20(17(18)21)11-14-7-5-8-15(23-3)16(14)24-4/h5,7-8,13,19,22H,6,9-12H2,1-4H3/t18-/m1/s1. The molecule has 1 aliphatic rings. The summed E-state index contributed by atoms with van der Waals surface area (Å²) in [5.41, 5.74) is -0.472. The van der Waals surface area contributed by atoms with Crippen LogP contribution in [0.2, 0.25) is 0 Å². The summed E-state index contributed by atoms with van der Waals surface area (Å²) >= 11 is 0. The molecule has 1 heterocycles. The smallest absolute Gasteiger partial charge is 0.256 e. The molecule has 0 bridgehead atoms. The summed E-state index contributed by atoms with van der Waals surface area (Å²) in [6, 6.07) is 5.82. The molecular weight excluding hydrogens is 308 g/mol. The van der Waals surface area contributed by atoms with Gasteiger partial charge in [-0.3, -0.25) is 4.79 Å². The summed E-state index contributed by atoms with van der Waals surface area (Å²) < 4.78 is 10.7. The first-order valence-corrected chi connectivity index (χ1v) is 8.36. The molecule has 6 nitrogen and oxygen atoms in total. The van der Waals surface area contributed by atoms with Crippen molar-refractivity contribution >= 4 is 5.91 Å². The molecule has 2 rings (SSSR count). The van der Waals surface area contributed by atoms with Crippen LogP contribution < -0.4 is 14.8 Å². The molecule has 1 fully saturated rings. The van der Waals surface area contributed by atoms with E-state index < -0.39 is 5.60 Å². The van der Waals surface area contributed by atoms with Gasteiger partial charge in [-0.15, -0.1) is 0 Å². The monoisotopic (exact) mass is 336 g/mol. The van der Waals surface area contributed by atoms with E-state index in [1.807, 2.05) is 32.0 Å². The number of benzene rings is 1. The summed E-state index contributed by atoms with van der Waals surface area (Å²) in [7, 11) is 3.17. The highest BCUT2D eigenvalue weighted by Crippen LogP contribution is 2.33. The first-order valence-electron chi connectivity index (χ1n) is 8.36. The van der Waals surface area contributed by atoms with Gasteiger partial charge < -0.3 is 24.8 Å². The summed E-state index contributed by atoms with van der Waals surface area (Å²) in [4.78, 5) is 14.5. The van der Waals surface area contributed by atoms with Gasteiger partial charge in [0.15, 0.2) is 17.1 Å². The molecule has 1 aromatic rings. The van der Waals surface area contributed by atoms with Crippen LogP contribution in [0.1, 0.15) is 32.3 Å². The molecule has 1 aromatic carbocycles. The maximum atomic E-state index is 12.8. The highest BCUT2D eigenvalue weighted by molar-refractivity contribution is 5.86. The molecule has 0 radical (unpaired) electrons. The number of amides is 1. The van der Waals surface area contributed by atoms with Gasteiger partial charge in [-0.1, -0.05) is 26.0 Å². The SMILES string of the molecule is COc1cccc(CN2CCC[C@@](O)(CNC(C)C)C2=O)c1OC. The Morgan fingerprint density at radius 2 is 2.08 bits per heavy atom. The van der Waals surface area contributed by atoms with Gasteiger partial charge in [0.05, 0.1) is 14.2 Å². The Morgan fingerprint density at radius 1 is 1.33 bits per heavy atom. The van der Waals surface area contributed by atoms with Crippen molar-refractivity contribution in [1.29, 1.82) is 0 Å². The van der Waals surface area contributed by atoms with Crippen molar-refractivity contribution in [3.63, 3.8) is 0 Å². The number of hydrogen-bond donors (Lipinski definition) is 2. The van der Waals surface area contributed by atoms with E-state index in [9.17, 15) is 9.90 Å². The fourth-order valence-corrected chi connectivity index (χ4v) is 3.04. The van der Waals surface area contributed by atoms with E-state index in [2.05, 4.69) is 5.32 Å². The van der Waals surface area contributed by atoms with Crippen LogP contribution in [0.3, 0.4) is 0 Å². The molecular formula is C18H28N2O4. The van der Waals surface area contributed by atoms with Crippen molar-refractivity contribution in [2.24, 2.45) is 0 Å². The first kappa shape index (κ1) is 18.5. The number of likely N-dealkylation sites (tertiary alicyclic amines) is 1. The number of piperidine rings is 1. The Kier molecular flexibility index (Phi) is 6.07. The Balaban J connectivity index is 2.16. The third-order valence-corrected chi connectivity index (χ3v) is 4.35. The average Bonchev–Trinajstić information content (AvgIpc) is 2.57. The van der Waals surface area contributed by atoms with Crippen LogP contribution >= 0.6 is 0 Å². The zero-order chi connectivity index (χ0) is 17.7. The first-order chi connectivity index (χ1) is 11.4. The minimum atomic E-state index is -1.34. The number of aliphatic hydroxyl groups is 1. The number of para-hydroxylation sites is 1. The van der Waals surface area contributed by atoms with E-state index in [-0.39, 0.29) is 18.5 Å². The van der Waals surface area contributed by atoms with E-state index in [0.29, 0.717) is 31.0 Å². The summed E-state index contributed by atoms with van der Waals surface area (Å²) in [6.07, 6.45) is 1.26. The molecule has 0 unspecified atom stereocenters. The zero-order valence-corrected chi connectivity index (χ0v) is 15.0. The number of methoxy groups -OCH3 is 2. The van der Waals surface area contributed by atoms with Gasteiger partial charge in [0.2, 0.25) is 0 Å².